The number of rotatable bonds is 6. The monoisotopic (exact) mass is 391 g/mol. The van der Waals surface area contributed by atoms with Crippen molar-refractivity contribution in [1.82, 2.24) is 14.9 Å². The fourth-order valence-corrected chi connectivity index (χ4v) is 3.37. The summed E-state index contributed by atoms with van der Waals surface area (Å²) < 4.78 is 1.55. The first-order valence-electron chi connectivity index (χ1n) is 9.58. The summed E-state index contributed by atoms with van der Waals surface area (Å²) >= 11 is 0. The average molecular weight is 391 g/mol. The van der Waals surface area contributed by atoms with Crippen molar-refractivity contribution < 1.29 is 4.79 Å². The second kappa shape index (κ2) is 8.73. The van der Waals surface area contributed by atoms with E-state index in [-0.39, 0.29) is 23.2 Å². The highest BCUT2D eigenvalue weighted by molar-refractivity contribution is 5.95. The lowest BCUT2D eigenvalue weighted by atomic mass is 10.1. The average Bonchev–Trinajstić information content (AvgIpc) is 2.67. The zero-order valence-electron chi connectivity index (χ0n) is 16.9. The maximum atomic E-state index is 12.9. The smallest absolute Gasteiger partial charge is 0.263 e. The van der Waals surface area contributed by atoms with E-state index in [1.807, 2.05) is 50.2 Å². The third-order valence-corrected chi connectivity index (χ3v) is 5.00. The Hall–Kier alpha value is -3.41. The van der Waals surface area contributed by atoms with Gasteiger partial charge in [-0.3, -0.25) is 14.4 Å². The van der Waals surface area contributed by atoms with Gasteiger partial charge in [0.2, 0.25) is 0 Å². The van der Waals surface area contributed by atoms with E-state index in [0.29, 0.717) is 24.1 Å². The fraction of sp³-hybridized carbons (Fsp3) is 0.261. The predicted molar refractivity (Wildman–Crippen MR) is 113 cm³/mol. The molecule has 3 aromatic rings. The minimum atomic E-state index is -0.471. The van der Waals surface area contributed by atoms with Crippen LogP contribution >= 0.6 is 0 Å². The van der Waals surface area contributed by atoms with Gasteiger partial charge in [0.15, 0.2) is 0 Å². The van der Waals surface area contributed by atoms with E-state index < -0.39 is 5.91 Å². The minimum absolute atomic E-state index is 0.0675. The van der Waals surface area contributed by atoms with Gasteiger partial charge in [0, 0.05) is 30.5 Å². The highest BCUT2D eigenvalue weighted by Crippen LogP contribution is 2.07. The maximum Gasteiger partial charge on any atom is 0.263 e. The first-order valence-corrected chi connectivity index (χ1v) is 9.58. The van der Waals surface area contributed by atoms with Crippen LogP contribution < -0.4 is 16.4 Å². The normalized spacial score (nSPS) is 10.7. The first kappa shape index (κ1) is 20.3. The highest BCUT2D eigenvalue weighted by Gasteiger charge is 2.16. The first-order chi connectivity index (χ1) is 13.9. The predicted octanol–water partition coefficient (Wildman–Crippen LogP) is 2.63. The van der Waals surface area contributed by atoms with Crippen molar-refractivity contribution in [3.05, 3.63) is 103 Å². The van der Waals surface area contributed by atoms with Crippen molar-refractivity contribution >= 4 is 5.91 Å². The van der Waals surface area contributed by atoms with Crippen LogP contribution in [0.4, 0.5) is 0 Å². The molecule has 150 valence electrons. The molecule has 0 atom stereocenters. The molecule has 2 heterocycles. The quantitative estimate of drug-likeness (QED) is 0.678. The zero-order valence-corrected chi connectivity index (χ0v) is 16.9. The molecule has 29 heavy (non-hydrogen) atoms. The lowest BCUT2D eigenvalue weighted by Gasteiger charge is -2.12. The maximum absolute atomic E-state index is 12.9. The van der Waals surface area contributed by atoms with Gasteiger partial charge in [0.25, 0.3) is 17.0 Å². The van der Waals surface area contributed by atoms with E-state index in [4.69, 9.17) is 0 Å². The van der Waals surface area contributed by atoms with Gasteiger partial charge >= 0.3 is 0 Å². The molecule has 2 aromatic heterocycles. The van der Waals surface area contributed by atoms with Gasteiger partial charge in [0.05, 0.1) is 0 Å². The summed E-state index contributed by atoms with van der Waals surface area (Å²) in [5.41, 5.74) is 3.35. The number of hydrogen-bond acceptors (Lipinski definition) is 3. The molecule has 0 radical (unpaired) electrons. The van der Waals surface area contributed by atoms with Crippen molar-refractivity contribution in [2.45, 2.75) is 40.3 Å². The highest BCUT2D eigenvalue weighted by atomic mass is 16.2. The standard InChI is InChI=1S/C23H25N3O3/c1-15-9-11-26(12-10-18-7-5-4-6-8-18)23(29)20(15)22(28)24-14-19-16(2)13-17(3)25-21(19)27/h4-9,11,13H,10,12,14H2,1-3H3,(H,24,28)(H,25,27). The minimum Gasteiger partial charge on any atom is -0.348 e. The molecule has 6 nitrogen and oxygen atoms in total. The van der Waals surface area contributed by atoms with Crippen molar-refractivity contribution in [2.24, 2.45) is 0 Å². The number of carbonyl (C=O) groups excluding carboxylic acids is 1. The number of aromatic nitrogens is 2. The summed E-state index contributed by atoms with van der Waals surface area (Å²) in [6.45, 7) is 5.93. The van der Waals surface area contributed by atoms with Gasteiger partial charge in [-0.05, 0) is 56.0 Å². The van der Waals surface area contributed by atoms with Gasteiger partial charge in [-0.2, -0.15) is 0 Å². The Bertz CT molecular complexity index is 1140. The number of carbonyl (C=O) groups is 1. The number of hydrogen-bond donors (Lipinski definition) is 2. The third-order valence-electron chi connectivity index (χ3n) is 5.00. The number of H-pyrrole nitrogens is 1. The molecule has 2 N–H and O–H groups in total. The summed E-state index contributed by atoms with van der Waals surface area (Å²) in [5, 5.41) is 2.73. The van der Waals surface area contributed by atoms with Gasteiger partial charge in [0.1, 0.15) is 5.56 Å². The topological polar surface area (TPSA) is 84.0 Å². The molecule has 0 saturated carbocycles. The van der Waals surface area contributed by atoms with Gasteiger partial charge in [-0.25, -0.2) is 0 Å². The van der Waals surface area contributed by atoms with Gasteiger partial charge in [-0.15, -0.1) is 0 Å². The van der Waals surface area contributed by atoms with Crippen LogP contribution in [0.15, 0.2) is 58.3 Å². The molecule has 0 fully saturated rings. The summed E-state index contributed by atoms with van der Waals surface area (Å²) in [6, 6.07) is 13.5. The van der Waals surface area contributed by atoms with Crippen LogP contribution in [0.1, 0.15) is 38.3 Å². The Morgan fingerprint density at radius 2 is 1.76 bits per heavy atom. The Kier molecular flexibility index (Phi) is 6.12. The molecule has 0 aliphatic carbocycles. The van der Waals surface area contributed by atoms with Crippen molar-refractivity contribution in [2.75, 3.05) is 0 Å². The Labute approximate surface area is 169 Å². The zero-order chi connectivity index (χ0) is 21.0. The van der Waals surface area contributed by atoms with E-state index in [1.165, 1.54) is 0 Å². The number of pyridine rings is 2. The lowest BCUT2D eigenvalue weighted by Crippen LogP contribution is -2.35. The van der Waals surface area contributed by atoms with Crippen LogP contribution in [0, 0.1) is 20.8 Å². The number of aromatic amines is 1. The summed E-state index contributed by atoms with van der Waals surface area (Å²) in [4.78, 5) is 40.5. The molecule has 6 heteroatoms. The molecule has 0 saturated heterocycles. The number of nitrogens with one attached hydrogen (secondary N) is 2. The molecule has 0 unspecified atom stereocenters. The van der Waals surface area contributed by atoms with Crippen molar-refractivity contribution in [3.8, 4) is 0 Å². The summed E-state index contributed by atoms with van der Waals surface area (Å²) in [7, 11) is 0. The van der Waals surface area contributed by atoms with Crippen LogP contribution in [0.2, 0.25) is 0 Å². The largest absolute Gasteiger partial charge is 0.348 e. The molecule has 0 aliphatic heterocycles. The molecule has 3 rings (SSSR count). The second-order valence-corrected chi connectivity index (χ2v) is 7.23. The summed E-state index contributed by atoms with van der Waals surface area (Å²) in [6.07, 6.45) is 2.41. The molecule has 0 spiro atoms. The van der Waals surface area contributed by atoms with Crippen LogP contribution in [-0.2, 0) is 19.5 Å². The molecule has 1 aromatic carbocycles. The van der Waals surface area contributed by atoms with Crippen LogP contribution in [-0.4, -0.2) is 15.5 Å². The van der Waals surface area contributed by atoms with Gasteiger partial charge in [-0.1, -0.05) is 30.3 Å². The third kappa shape index (κ3) is 4.71. The number of nitrogens with zero attached hydrogens (tertiary/aromatic N) is 1. The lowest BCUT2D eigenvalue weighted by molar-refractivity contribution is 0.0948. The molecule has 0 bridgehead atoms. The molecular weight excluding hydrogens is 366 g/mol. The van der Waals surface area contributed by atoms with E-state index in [1.54, 1.807) is 23.8 Å². The van der Waals surface area contributed by atoms with E-state index >= 15 is 0 Å². The van der Waals surface area contributed by atoms with Crippen molar-refractivity contribution in [1.29, 1.82) is 0 Å². The van der Waals surface area contributed by atoms with E-state index in [2.05, 4.69) is 10.3 Å². The van der Waals surface area contributed by atoms with Crippen LogP contribution in [0.3, 0.4) is 0 Å². The molecular formula is C23H25N3O3. The Morgan fingerprint density at radius 1 is 1.03 bits per heavy atom. The summed E-state index contributed by atoms with van der Waals surface area (Å²) in [5.74, 6) is -0.471. The second-order valence-electron chi connectivity index (χ2n) is 7.23. The number of aryl methyl sites for hydroxylation is 5. The number of amides is 1. The number of benzene rings is 1. The van der Waals surface area contributed by atoms with E-state index in [9.17, 15) is 14.4 Å². The SMILES string of the molecule is Cc1cc(C)c(CNC(=O)c2c(C)ccn(CCc3ccccc3)c2=O)c(=O)[nH]1. The van der Waals surface area contributed by atoms with E-state index in [0.717, 1.165) is 16.8 Å². The fourth-order valence-electron chi connectivity index (χ4n) is 3.37. The van der Waals surface area contributed by atoms with Gasteiger partial charge < -0.3 is 14.9 Å². The van der Waals surface area contributed by atoms with Crippen LogP contribution in [0.25, 0.3) is 0 Å². The Morgan fingerprint density at radius 3 is 2.45 bits per heavy atom. The Balaban J connectivity index is 1.78. The van der Waals surface area contributed by atoms with Crippen LogP contribution in [0.5, 0.6) is 0 Å². The molecule has 0 aliphatic rings. The van der Waals surface area contributed by atoms with Crippen molar-refractivity contribution in [3.63, 3.8) is 0 Å². The molecule has 1 amide bonds.